The fourth-order valence-electron chi connectivity index (χ4n) is 3.57. The maximum atomic E-state index is 12.2. The monoisotopic (exact) mass is 252 g/mol. The van der Waals surface area contributed by atoms with E-state index in [2.05, 4.69) is 24.5 Å². The molecule has 0 bridgehead atoms. The molecule has 1 heterocycles. The quantitative estimate of drug-likeness (QED) is 0.807. The molecular formula is C15H28N2O. The predicted octanol–water partition coefficient (Wildman–Crippen LogP) is 2.46. The Kier molecular flexibility index (Phi) is 4.66. The summed E-state index contributed by atoms with van der Waals surface area (Å²) in [4.78, 5) is 12.2. The van der Waals surface area contributed by atoms with Gasteiger partial charge in [0.05, 0.1) is 0 Å². The summed E-state index contributed by atoms with van der Waals surface area (Å²) in [5, 5.41) is 6.64. The molecule has 0 aromatic carbocycles. The lowest BCUT2D eigenvalue weighted by molar-refractivity contribution is -0.126. The van der Waals surface area contributed by atoms with Crippen molar-refractivity contribution in [3.05, 3.63) is 0 Å². The molecule has 0 aromatic rings. The van der Waals surface area contributed by atoms with Gasteiger partial charge < -0.3 is 10.6 Å². The minimum atomic E-state index is 0.233. The summed E-state index contributed by atoms with van der Waals surface area (Å²) < 4.78 is 0. The molecule has 3 heteroatoms. The molecule has 2 rings (SSSR count). The van der Waals surface area contributed by atoms with Crippen molar-refractivity contribution in [2.75, 3.05) is 13.1 Å². The van der Waals surface area contributed by atoms with Gasteiger partial charge in [0.2, 0.25) is 5.91 Å². The standard InChI is InChI=1S/C15H28N2O/c1-3-15(7-4-5-8-15)11-17-14(18)13-6-9-16-12(2)10-13/h12-13,16H,3-11H2,1-2H3,(H,17,18)/t12-,13-/m0/s1. The van der Waals surface area contributed by atoms with Crippen LogP contribution in [0.3, 0.4) is 0 Å². The highest BCUT2D eigenvalue weighted by Gasteiger charge is 2.33. The van der Waals surface area contributed by atoms with E-state index in [1.807, 2.05) is 0 Å². The molecular weight excluding hydrogens is 224 g/mol. The average molecular weight is 252 g/mol. The topological polar surface area (TPSA) is 41.1 Å². The second-order valence-corrected chi connectivity index (χ2v) is 6.35. The van der Waals surface area contributed by atoms with E-state index in [1.54, 1.807) is 0 Å². The van der Waals surface area contributed by atoms with E-state index < -0.39 is 0 Å². The van der Waals surface area contributed by atoms with Gasteiger partial charge in [0, 0.05) is 18.5 Å². The van der Waals surface area contributed by atoms with Crippen LogP contribution in [0, 0.1) is 11.3 Å². The molecule has 2 N–H and O–H groups in total. The molecule has 0 unspecified atom stereocenters. The van der Waals surface area contributed by atoms with E-state index >= 15 is 0 Å². The van der Waals surface area contributed by atoms with Crippen LogP contribution < -0.4 is 10.6 Å². The van der Waals surface area contributed by atoms with Crippen molar-refractivity contribution < 1.29 is 4.79 Å². The van der Waals surface area contributed by atoms with Crippen molar-refractivity contribution in [3.8, 4) is 0 Å². The smallest absolute Gasteiger partial charge is 0.223 e. The van der Waals surface area contributed by atoms with Crippen LogP contribution in [-0.4, -0.2) is 25.0 Å². The van der Waals surface area contributed by atoms with Gasteiger partial charge in [-0.1, -0.05) is 19.8 Å². The first kappa shape index (κ1) is 13.9. The van der Waals surface area contributed by atoms with Crippen molar-refractivity contribution in [3.63, 3.8) is 0 Å². The fraction of sp³-hybridized carbons (Fsp3) is 0.933. The summed E-state index contributed by atoms with van der Waals surface area (Å²) in [5.41, 5.74) is 0.411. The second-order valence-electron chi connectivity index (χ2n) is 6.35. The summed E-state index contributed by atoms with van der Waals surface area (Å²) in [6, 6.07) is 0.487. The number of hydrogen-bond donors (Lipinski definition) is 2. The highest BCUT2D eigenvalue weighted by atomic mass is 16.1. The molecule has 104 valence electrons. The van der Waals surface area contributed by atoms with E-state index in [1.165, 1.54) is 32.1 Å². The zero-order chi connectivity index (χ0) is 13.0. The molecule has 18 heavy (non-hydrogen) atoms. The number of piperidine rings is 1. The molecule has 1 aliphatic heterocycles. The number of hydrogen-bond acceptors (Lipinski definition) is 2. The van der Waals surface area contributed by atoms with Gasteiger partial charge in [-0.3, -0.25) is 4.79 Å². The van der Waals surface area contributed by atoms with Gasteiger partial charge in [0.15, 0.2) is 0 Å². The Morgan fingerprint density at radius 2 is 2.11 bits per heavy atom. The van der Waals surface area contributed by atoms with Crippen LogP contribution in [0.15, 0.2) is 0 Å². The summed E-state index contributed by atoms with van der Waals surface area (Å²) in [7, 11) is 0. The SMILES string of the molecule is CCC1(CNC(=O)[C@H]2CCN[C@@H](C)C2)CCCC1. The normalized spacial score (nSPS) is 31.2. The van der Waals surface area contributed by atoms with Crippen molar-refractivity contribution in [2.45, 2.75) is 64.8 Å². The van der Waals surface area contributed by atoms with E-state index in [4.69, 9.17) is 0 Å². The van der Waals surface area contributed by atoms with Crippen molar-refractivity contribution >= 4 is 5.91 Å². The molecule has 1 amide bonds. The number of rotatable bonds is 4. The Hall–Kier alpha value is -0.570. The first-order valence-electron chi connectivity index (χ1n) is 7.66. The summed E-state index contributed by atoms with van der Waals surface area (Å²) in [5.74, 6) is 0.527. The largest absolute Gasteiger partial charge is 0.355 e. The van der Waals surface area contributed by atoms with Gasteiger partial charge in [-0.05, 0) is 51.0 Å². The maximum Gasteiger partial charge on any atom is 0.223 e. The van der Waals surface area contributed by atoms with Crippen molar-refractivity contribution in [1.82, 2.24) is 10.6 Å². The molecule has 0 spiro atoms. The molecule has 2 atom stereocenters. The van der Waals surface area contributed by atoms with Gasteiger partial charge in [0.25, 0.3) is 0 Å². The molecule has 1 aliphatic carbocycles. The van der Waals surface area contributed by atoms with Crippen LogP contribution in [-0.2, 0) is 4.79 Å². The summed E-state index contributed by atoms with van der Waals surface area (Å²) in [6.45, 7) is 6.33. The Balaban J connectivity index is 1.80. The summed E-state index contributed by atoms with van der Waals surface area (Å²) >= 11 is 0. The minimum absolute atomic E-state index is 0.233. The van der Waals surface area contributed by atoms with E-state index in [-0.39, 0.29) is 5.92 Å². The molecule has 0 radical (unpaired) electrons. The first-order chi connectivity index (χ1) is 8.65. The molecule has 1 saturated heterocycles. The highest BCUT2D eigenvalue weighted by molar-refractivity contribution is 5.78. The minimum Gasteiger partial charge on any atom is -0.355 e. The zero-order valence-electron chi connectivity index (χ0n) is 11.9. The van der Waals surface area contributed by atoms with Gasteiger partial charge in [-0.15, -0.1) is 0 Å². The second kappa shape index (κ2) is 6.05. The molecule has 1 saturated carbocycles. The van der Waals surface area contributed by atoms with E-state index in [9.17, 15) is 4.79 Å². The molecule has 2 aliphatic rings. The van der Waals surface area contributed by atoms with Gasteiger partial charge >= 0.3 is 0 Å². The van der Waals surface area contributed by atoms with Crippen LogP contribution in [0.5, 0.6) is 0 Å². The van der Waals surface area contributed by atoms with E-state index in [0.29, 0.717) is 17.4 Å². The number of carbonyl (C=O) groups is 1. The Morgan fingerprint density at radius 3 is 2.72 bits per heavy atom. The van der Waals surface area contributed by atoms with Crippen LogP contribution in [0.25, 0.3) is 0 Å². The number of carbonyl (C=O) groups excluding carboxylic acids is 1. The van der Waals surface area contributed by atoms with Crippen LogP contribution >= 0.6 is 0 Å². The highest BCUT2D eigenvalue weighted by Crippen LogP contribution is 2.40. The molecule has 3 nitrogen and oxygen atoms in total. The van der Waals surface area contributed by atoms with Crippen molar-refractivity contribution in [2.24, 2.45) is 11.3 Å². The third kappa shape index (κ3) is 3.25. The Morgan fingerprint density at radius 1 is 1.39 bits per heavy atom. The Bertz CT molecular complexity index is 284. The number of amides is 1. The van der Waals surface area contributed by atoms with Crippen LogP contribution in [0.1, 0.15) is 58.8 Å². The van der Waals surface area contributed by atoms with Crippen molar-refractivity contribution in [1.29, 1.82) is 0 Å². The lowest BCUT2D eigenvalue weighted by Gasteiger charge is -2.31. The predicted molar refractivity (Wildman–Crippen MR) is 74.4 cm³/mol. The number of nitrogens with one attached hydrogen (secondary N) is 2. The molecule has 2 fully saturated rings. The van der Waals surface area contributed by atoms with Gasteiger partial charge in [0.1, 0.15) is 0 Å². The summed E-state index contributed by atoms with van der Waals surface area (Å²) in [6.07, 6.45) is 8.47. The van der Waals surface area contributed by atoms with Crippen LogP contribution in [0.2, 0.25) is 0 Å². The first-order valence-corrected chi connectivity index (χ1v) is 7.66. The van der Waals surface area contributed by atoms with E-state index in [0.717, 1.165) is 25.9 Å². The zero-order valence-corrected chi connectivity index (χ0v) is 11.9. The van der Waals surface area contributed by atoms with Crippen LogP contribution in [0.4, 0.5) is 0 Å². The maximum absolute atomic E-state index is 12.2. The lowest BCUT2D eigenvalue weighted by Crippen LogP contribution is -2.44. The molecule has 0 aromatic heterocycles. The lowest BCUT2D eigenvalue weighted by atomic mass is 9.83. The third-order valence-corrected chi connectivity index (χ3v) is 5.05. The third-order valence-electron chi connectivity index (χ3n) is 5.05. The fourth-order valence-corrected chi connectivity index (χ4v) is 3.57. The average Bonchev–Trinajstić information content (AvgIpc) is 2.85. The van der Waals surface area contributed by atoms with Gasteiger partial charge in [-0.25, -0.2) is 0 Å². The van der Waals surface area contributed by atoms with Gasteiger partial charge in [-0.2, -0.15) is 0 Å². The Labute approximate surface area is 111 Å².